The maximum Gasteiger partial charge on any atom is 0.315 e. The molecule has 0 aromatic carbocycles. The first-order valence-corrected chi connectivity index (χ1v) is 7.06. The summed E-state index contributed by atoms with van der Waals surface area (Å²) in [5.74, 6) is 0.508. The SMILES string of the molecule is CCC(CO)NC(=O)NC1CCC(C)(C)CC1C. The van der Waals surface area contributed by atoms with Crippen molar-refractivity contribution in [3.8, 4) is 0 Å². The van der Waals surface area contributed by atoms with Crippen LogP contribution >= 0.6 is 0 Å². The second-order valence-corrected chi connectivity index (χ2v) is 6.40. The van der Waals surface area contributed by atoms with Gasteiger partial charge in [0.2, 0.25) is 0 Å². The highest BCUT2D eigenvalue weighted by atomic mass is 16.3. The molecule has 0 saturated heterocycles. The molecule has 0 aromatic heterocycles. The molecule has 1 aliphatic rings. The van der Waals surface area contributed by atoms with Gasteiger partial charge in [0, 0.05) is 6.04 Å². The fourth-order valence-electron chi connectivity index (χ4n) is 2.83. The van der Waals surface area contributed by atoms with Crippen molar-refractivity contribution in [2.45, 2.75) is 65.5 Å². The Morgan fingerprint density at radius 2 is 2.17 bits per heavy atom. The number of aliphatic hydroxyl groups excluding tert-OH is 1. The first-order valence-electron chi connectivity index (χ1n) is 7.06. The van der Waals surface area contributed by atoms with Gasteiger partial charge in [-0.2, -0.15) is 0 Å². The van der Waals surface area contributed by atoms with Gasteiger partial charge < -0.3 is 15.7 Å². The van der Waals surface area contributed by atoms with Gasteiger partial charge in [0.1, 0.15) is 0 Å². The van der Waals surface area contributed by atoms with Gasteiger partial charge in [0.15, 0.2) is 0 Å². The summed E-state index contributed by atoms with van der Waals surface area (Å²) < 4.78 is 0. The molecule has 106 valence electrons. The quantitative estimate of drug-likeness (QED) is 0.722. The van der Waals surface area contributed by atoms with E-state index in [2.05, 4.69) is 31.4 Å². The predicted octanol–water partition coefficient (Wildman–Crippen LogP) is 2.27. The standard InChI is InChI=1S/C14H28N2O2/c1-5-11(9-17)15-13(18)16-12-6-7-14(3,4)8-10(12)2/h10-12,17H,5-9H2,1-4H3,(H2,15,16,18). The Morgan fingerprint density at radius 3 is 2.67 bits per heavy atom. The molecule has 0 radical (unpaired) electrons. The highest BCUT2D eigenvalue weighted by Crippen LogP contribution is 2.38. The number of hydrogen-bond acceptors (Lipinski definition) is 2. The molecule has 2 amide bonds. The van der Waals surface area contributed by atoms with Gasteiger partial charge >= 0.3 is 6.03 Å². The summed E-state index contributed by atoms with van der Waals surface area (Å²) in [5.41, 5.74) is 0.394. The van der Waals surface area contributed by atoms with Crippen LogP contribution in [0.5, 0.6) is 0 Å². The van der Waals surface area contributed by atoms with Crippen molar-refractivity contribution in [3.63, 3.8) is 0 Å². The number of urea groups is 1. The third kappa shape index (κ3) is 4.48. The molecule has 3 N–H and O–H groups in total. The Hall–Kier alpha value is -0.770. The van der Waals surface area contributed by atoms with E-state index in [1.165, 1.54) is 0 Å². The van der Waals surface area contributed by atoms with E-state index in [1.54, 1.807) is 0 Å². The summed E-state index contributed by atoms with van der Waals surface area (Å²) in [6.45, 7) is 8.73. The molecule has 1 saturated carbocycles. The zero-order chi connectivity index (χ0) is 13.8. The Morgan fingerprint density at radius 1 is 1.50 bits per heavy atom. The van der Waals surface area contributed by atoms with Crippen molar-refractivity contribution in [2.75, 3.05) is 6.61 Å². The molecule has 4 nitrogen and oxygen atoms in total. The van der Waals surface area contributed by atoms with E-state index in [1.807, 2.05) is 6.92 Å². The summed E-state index contributed by atoms with van der Waals surface area (Å²) in [6.07, 6.45) is 4.09. The molecule has 18 heavy (non-hydrogen) atoms. The van der Waals surface area contributed by atoms with Gasteiger partial charge in [0.25, 0.3) is 0 Å². The summed E-state index contributed by atoms with van der Waals surface area (Å²) >= 11 is 0. The first kappa shape index (κ1) is 15.3. The maximum atomic E-state index is 11.8. The topological polar surface area (TPSA) is 61.4 Å². The Kier molecular flexibility index (Phi) is 5.45. The maximum absolute atomic E-state index is 11.8. The van der Waals surface area contributed by atoms with Crippen molar-refractivity contribution < 1.29 is 9.90 Å². The molecule has 3 unspecified atom stereocenters. The minimum atomic E-state index is -0.146. The van der Waals surface area contributed by atoms with E-state index in [4.69, 9.17) is 5.11 Å². The second kappa shape index (κ2) is 6.41. The largest absolute Gasteiger partial charge is 0.394 e. The molecule has 0 spiro atoms. The van der Waals surface area contributed by atoms with Crippen LogP contribution in [0.3, 0.4) is 0 Å². The third-order valence-corrected chi connectivity index (χ3v) is 4.06. The molecular weight excluding hydrogens is 228 g/mol. The van der Waals surface area contributed by atoms with Crippen LogP contribution in [-0.2, 0) is 0 Å². The van der Waals surface area contributed by atoms with Crippen molar-refractivity contribution in [2.24, 2.45) is 11.3 Å². The molecule has 0 heterocycles. The number of hydrogen-bond donors (Lipinski definition) is 3. The molecule has 1 rings (SSSR count). The van der Waals surface area contributed by atoms with Crippen LogP contribution in [0.25, 0.3) is 0 Å². The minimum absolute atomic E-state index is 0.00281. The van der Waals surface area contributed by atoms with Crippen LogP contribution in [0.15, 0.2) is 0 Å². The van der Waals surface area contributed by atoms with Gasteiger partial charge in [-0.25, -0.2) is 4.79 Å². The van der Waals surface area contributed by atoms with E-state index in [0.717, 1.165) is 25.7 Å². The van der Waals surface area contributed by atoms with E-state index in [-0.39, 0.29) is 24.7 Å². The van der Waals surface area contributed by atoms with Crippen molar-refractivity contribution in [1.29, 1.82) is 0 Å². The Bertz CT molecular complexity index is 275. The van der Waals surface area contributed by atoms with E-state index in [0.29, 0.717) is 11.3 Å². The number of nitrogens with one attached hydrogen (secondary N) is 2. The molecule has 1 fully saturated rings. The lowest BCUT2D eigenvalue weighted by atomic mass is 9.70. The van der Waals surface area contributed by atoms with E-state index in [9.17, 15) is 4.79 Å². The van der Waals surface area contributed by atoms with Crippen molar-refractivity contribution in [1.82, 2.24) is 10.6 Å². The zero-order valence-electron chi connectivity index (χ0n) is 12.1. The first-order chi connectivity index (χ1) is 8.38. The zero-order valence-corrected chi connectivity index (χ0v) is 12.1. The molecule has 0 bridgehead atoms. The van der Waals surface area contributed by atoms with E-state index >= 15 is 0 Å². The van der Waals surface area contributed by atoms with Gasteiger partial charge in [0.05, 0.1) is 12.6 Å². The number of carbonyl (C=O) groups is 1. The highest BCUT2D eigenvalue weighted by molar-refractivity contribution is 5.74. The Balaban J connectivity index is 2.41. The summed E-state index contributed by atoms with van der Waals surface area (Å²) in [4.78, 5) is 11.8. The van der Waals surface area contributed by atoms with Crippen LogP contribution in [0.4, 0.5) is 4.79 Å². The lowest BCUT2D eigenvalue weighted by molar-refractivity contribution is 0.147. The smallest absolute Gasteiger partial charge is 0.315 e. The number of aliphatic hydroxyl groups is 1. The highest BCUT2D eigenvalue weighted by Gasteiger charge is 2.33. The average Bonchev–Trinajstić information content (AvgIpc) is 2.29. The minimum Gasteiger partial charge on any atom is -0.394 e. The Labute approximate surface area is 111 Å². The monoisotopic (exact) mass is 256 g/mol. The fourth-order valence-corrected chi connectivity index (χ4v) is 2.83. The molecule has 4 heteroatoms. The van der Waals surface area contributed by atoms with Crippen LogP contribution in [0.1, 0.15) is 53.4 Å². The lowest BCUT2D eigenvalue weighted by Crippen LogP contribution is -2.51. The lowest BCUT2D eigenvalue weighted by Gasteiger charge is -2.39. The molecule has 0 aromatic rings. The average molecular weight is 256 g/mol. The summed E-state index contributed by atoms with van der Waals surface area (Å²) in [7, 11) is 0. The fraction of sp³-hybridized carbons (Fsp3) is 0.929. The van der Waals surface area contributed by atoms with Crippen molar-refractivity contribution >= 4 is 6.03 Å². The van der Waals surface area contributed by atoms with Gasteiger partial charge in [-0.15, -0.1) is 0 Å². The molecule has 1 aliphatic carbocycles. The van der Waals surface area contributed by atoms with Gasteiger partial charge in [-0.1, -0.05) is 27.7 Å². The third-order valence-electron chi connectivity index (χ3n) is 4.06. The van der Waals surface area contributed by atoms with Crippen LogP contribution < -0.4 is 10.6 Å². The van der Waals surface area contributed by atoms with E-state index < -0.39 is 0 Å². The summed E-state index contributed by atoms with van der Waals surface area (Å²) in [6, 6.07) is -0.0259. The molecular formula is C14H28N2O2. The van der Waals surface area contributed by atoms with Crippen LogP contribution in [0, 0.1) is 11.3 Å². The number of rotatable bonds is 4. The number of amides is 2. The van der Waals surface area contributed by atoms with Crippen LogP contribution in [0.2, 0.25) is 0 Å². The second-order valence-electron chi connectivity index (χ2n) is 6.40. The molecule has 0 aliphatic heterocycles. The van der Waals surface area contributed by atoms with Gasteiger partial charge in [-0.05, 0) is 37.0 Å². The van der Waals surface area contributed by atoms with Crippen LogP contribution in [-0.4, -0.2) is 29.8 Å². The normalized spacial score (nSPS) is 28.5. The summed E-state index contributed by atoms with van der Waals surface area (Å²) in [5, 5.41) is 14.9. The number of carbonyl (C=O) groups excluding carboxylic acids is 1. The molecule has 3 atom stereocenters. The predicted molar refractivity (Wildman–Crippen MR) is 73.4 cm³/mol. The van der Waals surface area contributed by atoms with Gasteiger partial charge in [-0.3, -0.25) is 0 Å². The van der Waals surface area contributed by atoms with Crippen molar-refractivity contribution in [3.05, 3.63) is 0 Å².